The van der Waals surface area contributed by atoms with Gasteiger partial charge in [0.2, 0.25) is 0 Å². The van der Waals surface area contributed by atoms with E-state index in [4.69, 9.17) is 5.73 Å². The summed E-state index contributed by atoms with van der Waals surface area (Å²) in [5.74, 6) is -2.81. The van der Waals surface area contributed by atoms with Crippen molar-refractivity contribution < 1.29 is 13.6 Å². The molecular weight excluding hydrogens is 178 g/mol. The van der Waals surface area contributed by atoms with Crippen molar-refractivity contribution in [2.75, 3.05) is 26.2 Å². The maximum Gasteiger partial charge on any atom is 0.260 e. The zero-order chi connectivity index (χ0) is 9.90. The van der Waals surface area contributed by atoms with Crippen LogP contribution in [0.25, 0.3) is 0 Å². The summed E-state index contributed by atoms with van der Waals surface area (Å²) in [5.41, 5.74) is 5.09. The maximum absolute atomic E-state index is 12.8. The van der Waals surface area contributed by atoms with Gasteiger partial charge in [-0.25, -0.2) is 8.78 Å². The predicted molar refractivity (Wildman–Crippen MR) is 44.7 cm³/mol. The Hall–Kier alpha value is -0.550. The number of rotatable bonds is 3. The molecule has 0 unspecified atom stereocenters. The summed E-state index contributed by atoms with van der Waals surface area (Å²) in [6.07, 6.45) is 0.380. The van der Waals surface area contributed by atoms with E-state index in [-0.39, 0.29) is 31.8 Å². The number of likely N-dealkylation sites (tertiary alicyclic amines) is 1. The summed E-state index contributed by atoms with van der Waals surface area (Å²) < 4.78 is 25.6. The minimum atomic E-state index is -2.63. The van der Waals surface area contributed by atoms with Gasteiger partial charge in [0.25, 0.3) is 5.92 Å². The lowest BCUT2D eigenvalue weighted by Gasteiger charge is -2.31. The molecule has 0 spiro atoms. The second kappa shape index (κ2) is 4.11. The number of carbonyl (C=O) groups excluding carboxylic acids is 1. The zero-order valence-corrected chi connectivity index (χ0v) is 7.43. The van der Waals surface area contributed by atoms with Gasteiger partial charge in [-0.05, 0) is 13.0 Å². The molecule has 76 valence electrons. The molecule has 0 aliphatic carbocycles. The molecule has 13 heavy (non-hydrogen) atoms. The molecule has 2 N–H and O–H groups in total. The first-order valence-electron chi connectivity index (χ1n) is 4.35. The van der Waals surface area contributed by atoms with Crippen molar-refractivity contribution in [1.29, 1.82) is 0 Å². The lowest BCUT2D eigenvalue weighted by molar-refractivity contribution is -0.121. The van der Waals surface area contributed by atoms with Crippen LogP contribution in [0.1, 0.15) is 12.8 Å². The third kappa shape index (κ3) is 3.36. The van der Waals surface area contributed by atoms with E-state index in [9.17, 15) is 13.6 Å². The molecule has 0 radical (unpaired) electrons. The van der Waals surface area contributed by atoms with Crippen LogP contribution < -0.4 is 5.73 Å². The van der Waals surface area contributed by atoms with E-state index in [0.717, 1.165) is 0 Å². The van der Waals surface area contributed by atoms with Crippen LogP contribution in [-0.2, 0) is 4.79 Å². The monoisotopic (exact) mass is 192 g/mol. The van der Waals surface area contributed by atoms with E-state index in [1.54, 1.807) is 0 Å². The average molecular weight is 192 g/mol. The molecular formula is C8H14F2N2O. The third-order valence-electron chi connectivity index (χ3n) is 2.10. The molecule has 0 aromatic heterocycles. The fourth-order valence-corrected chi connectivity index (χ4v) is 1.50. The lowest BCUT2D eigenvalue weighted by Crippen LogP contribution is -2.45. The van der Waals surface area contributed by atoms with E-state index in [0.29, 0.717) is 13.0 Å². The van der Waals surface area contributed by atoms with Crippen molar-refractivity contribution in [3.8, 4) is 0 Å². The first kappa shape index (κ1) is 10.5. The first-order valence-corrected chi connectivity index (χ1v) is 4.35. The predicted octanol–water partition coefficient (Wildman–Crippen LogP) is 0.245. The third-order valence-corrected chi connectivity index (χ3v) is 2.10. The largest absolute Gasteiger partial charge is 0.324 e. The molecule has 5 heteroatoms. The van der Waals surface area contributed by atoms with E-state index < -0.39 is 5.92 Å². The Morgan fingerprint density at radius 2 is 2.23 bits per heavy atom. The van der Waals surface area contributed by atoms with Crippen LogP contribution in [-0.4, -0.2) is 42.8 Å². The van der Waals surface area contributed by atoms with Crippen molar-refractivity contribution in [1.82, 2.24) is 4.90 Å². The molecule has 1 saturated heterocycles. The molecule has 0 aromatic rings. The highest BCUT2D eigenvalue weighted by Crippen LogP contribution is 2.25. The summed E-state index contributed by atoms with van der Waals surface area (Å²) in [6.45, 7) is 0.258. The number of nitrogens with zero attached hydrogens (tertiary/aromatic N) is 1. The van der Waals surface area contributed by atoms with Gasteiger partial charge in [0.15, 0.2) is 5.78 Å². The van der Waals surface area contributed by atoms with Crippen LogP contribution in [0.15, 0.2) is 0 Å². The normalized spacial score (nSPS) is 23.0. The number of nitrogens with two attached hydrogens (primary N) is 1. The molecule has 3 nitrogen and oxygen atoms in total. The Balaban J connectivity index is 2.39. The van der Waals surface area contributed by atoms with Gasteiger partial charge in [-0.1, -0.05) is 0 Å². The summed E-state index contributed by atoms with van der Waals surface area (Å²) in [5, 5.41) is 0. The molecule has 0 aromatic carbocycles. The van der Waals surface area contributed by atoms with Gasteiger partial charge in [-0.3, -0.25) is 9.69 Å². The molecule has 1 aliphatic rings. The van der Waals surface area contributed by atoms with Gasteiger partial charge in [0.05, 0.1) is 19.6 Å². The molecule has 0 saturated carbocycles. The number of hydrogen-bond donors (Lipinski definition) is 1. The Morgan fingerprint density at radius 1 is 1.54 bits per heavy atom. The summed E-state index contributed by atoms with van der Waals surface area (Å²) in [6, 6.07) is 0. The van der Waals surface area contributed by atoms with Crippen LogP contribution in [0.3, 0.4) is 0 Å². The topological polar surface area (TPSA) is 46.3 Å². The van der Waals surface area contributed by atoms with Crippen molar-refractivity contribution in [2.45, 2.75) is 18.8 Å². The highest BCUT2D eigenvalue weighted by molar-refractivity contribution is 5.82. The lowest BCUT2D eigenvalue weighted by atomic mass is 10.1. The van der Waals surface area contributed by atoms with Gasteiger partial charge in [-0.2, -0.15) is 0 Å². The van der Waals surface area contributed by atoms with E-state index in [2.05, 4.69) is 0 Å². The maximum atomic E-state index is 12.8. The van der Waals surface area contributed by atoms with Gasteiger partial charge in [0, 0.05) is 6.42 Å². The van der Waals surface area contributed by atoms with Crippen LogP contribution in [0.5, 0.6) is 0 Å². The minimum absolute atomic E-state index is 0.0616. The van der Waals surface area contributed by atoms with Crippen molar-refractivity contribution in [3.05, 3.63) is 0 Å². The highest BCUT2D eigenvalue weighted by atomic mass is 19.3. The zero-order valence-electron chi connectivity index (χ0n) is 7.43. The first-order chi connectivity index (χ1) is 6.03. The number of carbonyl (C=O) groups is 1. The Morgan fingerprint density at radius 3 is 2.77 bits per heavy atom. The second-order valence-electron chi connectivity index (χ2n) is 3.41. The molecule has 0 amide bonds. The van der Waals surface area contributed by atoms with Crippen LogP contribution in [0.2, 0.25) is 0 Å². The average Bonchev–Trinajstić information content (AvgIpc) is 2.02. The van der Waals surface area contributed by atoms with Gasteiger partial charge in [-0.15, -0.1) is 0 Å². The number of piperidine rings is 1. The van der Waals surface area contributed by atoms with Crippen molar-refractivity contribution in [2.24, 2.45) is 5.73 Å². The minimum Gasteiger partial charge on any atom is -0.324 e. The fourth-order valence-electron chi connectivity index (χ4n) is 1.50. The number of ketones is 1. The quantitative estimate of drug-likeness (QED) is 0.697. The van der Waals surface area contributed by atoms with Crippen LogP contribution in [0, 0.1) is 0 Å². The standard InChI is InChI=1S/C8H14F2N2O/c9-8(10)2-1-3-12(6-8)5-7(13)4-11/h1-6,11H2. The van der Waals surface area contributed by atoms with Crippen LogP contribution in [0.4, 0.5) is 8.78 Å². The number of hydrogen-bond acceptors (Lipinski definition) is 3. The second-order valence-corrected chi connectivity index (χ2v) is 3.41. The molecule has 1 aliphatic heterocycles. The molecule has 1 fully saturated rings. The summed E-state index contributed by atoms with van der Waals surface area (Å²) in [7, 11) is 0. The number of halogens is 2. The molecule has 0 atom stereocenters. The van der Waals surface area contributed by atoms with Gasteiger partial charge in [0.1, 0.15) is 0 Å². The Bertz CT molecular complexity index is 197. The van der Waals surface area contributed by atoms with E-state index in [1.807, 2.05) is 0 Å². The Kier molecular flexibility index (Phi) is 3.33. The van der Waals surface area contributed by atoms with Crippen molar-refractivity contribution in [3.63, 3.8) is 0 Å². The van der Waals surface area contributed by atoms with Crippen LogP contribution >= 0.6 is 0 Å². The molecule has 1 heterocycles. The SMILES string of the molecule is NCC(=O)CN1CCCC(F)(F)C1. The number of alkyl halides is 2. The van der Waals surface area contributed by atoms with Crippen molar-refractivity contribution >= 4 is 5.78 Å². The molecule has 1 rings (SSSR count). The summed E-state index contributed by atoms with van der Waals surface area (Å²) in [4.78, 5) is 12.4. The van der Waals surface area contributed by atoms with E-state index >= 15 is 0 Å². The van der Waals surface area contributed by atoms with Gasteiger partial charge >= 0.3 is 0 Å². The smallest absolute Gasteiger partial charge is 0.260 e. The Labute approximate surface area is 75.9 Å². The number of Topliss-reactive ketones (excluding diaryl/α,β-unsaturated/α-hetero) is 1. The highest BCUT2D eigenvalue weighted by Gasteiger charge is 2.35. The summed E-state index contributed by atoms with van der Waals surface area (Å²) >= 11 is 0. The fraction of sp³-hybridized carbons (Fsp3) is 0.875. The van der Waals surface area contributed by atoms with Gasteiger partial charge < -0.3 is 5.73 Å². The van der Waals surface area contributed by atoms with E-state index in [1.165, 1.54) is 4.90 Å². The molecule has 0 bridgehead atoms.